The number of hydrogen-bond donors (Lipinski definition) is 2. The molecule has 0 aliphatic carbocycles. The average molecular weight is 248 g/mol. The van der Waals surface area contributed by atoms with Gasteiger partial charge in [0.05, 0.1) is 0 Å². The first-order chi connectivity index (χ1) is 7.84. The van der Waals surface area contributed by atoms with Crippen molar-refractivity contribution in [2.75, 3.05) is 0 Å². The van der Waals surface area contributed by atoms with Gasteiger partial charge in [0.1, 0.15) is 5.54 Å². The highest BCUT2D eigenvalue weighted by Gasteiger charge is 2.43. The van der Waals surface area contributed by atoms with E-state index in [1.54, 1.807) is 0 Å². The van der Waals surface area contributed by atoms with Crippen molar-refractivity contribution < 1.29 is 4.79 Å². The van der Waals surface area contributed by atoms with Gasteiger partial charge in [-0.25, -0.2) is 0 Å². The van der Waals surface area contributed by atoms with Crippen LogP contribution in [0.2, 0.25) is 0 Å². The van der Waals surface area contributed by atoms with E-state index in [2.05, 4.69) is 29.7 Å². The van der Waals surface area contributed by atoms with Crippen LogP contribution in [0.5, 0.6) is 0 Å². The lowest BCUT2D eigenvalue weighted by Crippen LogP contribution is -2.41. The zero-order chi connectivity index (χ0) is 12.8. The Balaban J connectivity index is 2.62. The molecule has 1 aliphatic heterocycles. The van der Waals surface area contributed by atoms with Crippen molar-refractivity contribution in [3.63, 3.8) is 0 Å². The van der Waals surface area contributed by atoms with E-state index in [1.807, 2.05) is 20.8 Å². The molecule has 0 radical (unpaired) electrons. The normalized spacial score (nSPS) is 23.5. The number of carbonyl (C=O) groups excluding carboxylic acids is 1. The van der Waals surface area contributed by atoms with Crippen LogP contribution in [0.3, 0.4) is 0 Å². The second-order valence-electron chi connectivity index (χ2n) is 4.81. The molecule has 0 saturated carbocycles. The van der Waals surface area contributed by atoms with Crippen LogP contribution in [-0.4, -0.2) is 11.0 Å². The average Bonchev–Trinajstić information content (AvgIpc) is 2.38. The summed E-state index contributed by atoms with van der Waals surface area (Å²) in [7, 11) is 0. The summed E-state index contributed by atoms with van der Waals surface area (Å²) in [5, 5.41) is 6.12. The quantitative estimate of drug-likeness (QED) is 0.745. The second-order valence-corrected chi connectivity index (χ2v) is 5.22. The van der Waals surface area contributed by atoms with E-state index in [4.69, 9.17) is 12.2 Å². The van der Waals surface area contributed by atoms with Gasteiger partial charge >= 0.3 is 0 Å². The molecule has 1 saturated heterocycles. The van der Waals surface area contributed by atoms with Gasteiger partial charge in [0.15, 0.2) is 5.11 Å². The van der Waals surface area contributed by atoms with Gasteiger partial charge in [0.25, 0.3) is 5.91 Å². The molecule has 0 aromatic heterocycles. The van der Waals surface area contributed by atoms with Crippen LogP contribution in [0, 0.1) is 20.8 Å². The highest BCUT2D eigenvalue weighted by Crippen LogP contribution is 2.30. The van der Waals surface area contributed by atoms with Crippen molar-refractivity contribution in [2.45, 2.75) is 33.2 Å². The Morgan fingerprint density at radius 2 is 1.71 bits per heavy atom. The largest absolute Gasteiger partial charge is 0.345 e. The summed E-state index contributed by atoms with van der Waals surface area (Å²) >= 11 is 5.01. The van der Waals surface area contributed by atoms with Crippen LogP contribution < -0.4 is 10.6 Å². The summed E-state index contributed by atoms with van der Waals surface area (Å²) in [6.07, 6.45) is 0. The van der Waals surface area contributed by atoms with Gasteiger partial charge in [-0.3, -0.25) is 4.79 Å². The molecule has 1 aromatic carbocycles. The Morgan fingerprint density at radius 3 is 2.12 bits per heavy atom. The topological polar surface area (TPSA) is 41.1 Å². The fraction of sp³-hybridized carbons (Fsp3) is 0.385. The first-order valence-corrected chi connectivity index (χ1v) is 5.97. The van der Waals surface area contributed by atoms with Crippen LogP contribution in [0.15, 0.2) is 12.1 Å². The number of nitrogens with one attached hydrogen (secondary N) is 2. The highest BCUT2D eigenvalue weighted by atomic mass is 32.1. The van der Waals surface area contributed by atoms with Crippen molar-refractivity contribution >= 4 is 23.2 Å². The zero-order valence-electron chi connectivity index (χ0n) is 10.5. The van der Waals surface area contributed by atoms with Crippen LogP contribution in [0.4, 0.5) is 0 Å². The number of amides is 1. The third-order valence-corrected chi connectivity index (χ3v) is 3.43. The molecule has 0 spiro atoms. The second kappa shape index (κ2) is 3.81. The summed E-state index contributed by atoms with van der Waals surface area (Å²) in [6, 6.07) is 4.17. The lowest BCUT2D eigenvalue weighted by Gasteiger charge is -2.26. The highest BCUT2D eigenvalue weighted by molar-refractivity contribution is 7.80. The Hall–Kier alpha value is -1.42. The Morgan fingerprint density at radius 1 is 1.18 bits per heavy atom. The molecule has 1 fully saturated rings. The van der Waals surface area contributed by atoms with E-state index >= 15 is 0 Å². The van der Waals surface area contributed by atoms with E-state index < -0.39 is 5.54 Å². The van der Waals surface area contributed by atoms with Crippen molar-refractivity contribution in [3.8, 4) is 0 Å². The van der Waals surface area contributed by atoms with Crippen molar-refractivity contribution in [3.05, 3.63) is 34.4 Å². The minimum Gasteiger partial charge on any atom is -0.345 e. The summed E-state index contributed by atoms with van der Waals surface area (Å²) in [6.45, 7) is 7.97. The number of rotatable bonds is 1. The lowest BCUT2D eigenvalue weighted by atomic mass is 9.84. The van der Waals surface area contributed by atoms with E-state index in [-0.39, 0.29) is 5.91 Å². The molecule has 1 atom stereocenters. The molecule has 1 heterocycles. The smallest absolute Gasteiger partial charge is 0.256 e. The van der Waals surface area contributed by atoms with Crippen molar-refractivity contribution in [1.29, 1.82) is 0 Å². The predicted octanol–water partition coefficient (Wildman–Crippen LogP) is 1.83. The molecule has 1 amide bonds. The predicted molar refractivity (Wildman–Crippen MR) is 71.9 cm³/mol. The van der Waals surface area contributed by atoms with Gasteiger partial charge in [0.2, 0.25) is 0 Å². The number of aryl methyl sites for hydroxylation is 3. The maximum Gasteiger partial charge on any atom is 0.256 e. The molecule has 2 N–H and O–H groups in total. The molecule has 1 aliphatic rings. The molecule has 1 aromatic rings. The van der Waals surface area contributed by atoms with Gasteiger partial charge < -0.3 is 10.6 Å². The lowest BCUT2D eigenvalue weighted by molar-refractivity contribution is -0.123. The third kappa shape index (κ3) is 1.82. The standard InChI is InChI=1S/C13H16N2OS/c1-7-5-8(2)10(9(3)6-7)13(4)11(16)14-12(17)15-13/h5-6H,1-4H3,(H2,14,15,16,17). The molecule has 3 nitrogen and oxygen atoms in total. The van der Waals surface area contributed by atoms with Gasteiger partial charge in [-0.05, 0) is 56.6 Å². The number of thiocarbonyl (C=S) groups is 1. The van der Waals surface area contributed by atoms with Crippen LogP contribution in [0.25, 0.3) is 0 Å². The van der Waals surface area contributed by atoms with E-state index in [0.717, 1.165) is 16.7 Å². The van der Waals surface area contributed by atoms with Crippen molar-refractivity contribution in [1.82, 2.24) is 10.6 Å². The van der Waals surface area contributed by atoms with Gasteiger partial charge in [0, 0.05) is 0 Å². The maximum atomic E-state index is 12.0. The first-order valence-electron chi connectivity index (χ1n) is 5.56. The number of carbonyl (C=O) groups is 1. The first kappa shape index (κ1) is 12.0. The summed E-state index contributed by atoms with van der Waals surface area (Å²) < 4.78 is 0. The molecule has 1 unspecified atom stereocenters. The number of hydrogen-bond acceptors (Lipinski definition) is 2. The Kier molecular flexibility index (Phi) is 2.70. The molecular weight excluding hydrogens is 232 g/mol. The van der Waals surface area contributed by atoms with E-state index in [1.165, 1.54) is 5.56 Å². The fourth-order valence-electron chi connectivity index (χ4n) is 2.69. The van der Waals surface area contributed by atoms with E-state index in [0.29, 0.717) is 5.11 Å². The molecule has 0 bridgehead atoms. The van der Waals surface area contributed by atoms with Crippen LogP contribution in [-0.2, 0) is 10.3 Å². The molecule has 2 rings (SSSR count). The molecular formula is C13H16N2OS. The van der Waals surface area contributed by atoms with Crippen LogP contribution >= 0.6 is 12.2 Å². The summed E-state index contributed by atoms with van der Waals surface area (Å²) in [5.41, 5.74) is 3.68. The summed E-state index contributed by atoms with van der Waals surface area (Å²) in [4.78, 5) is 12.0. The zero-order valence-corrected chi connectivity index (χ0v) is 11.3. The third-order valence-electron chi connectivity index (χ3n) is 3.22. The van der Waals surface area contributed by atoms with Crippen molar-refractivity contribution in [2.24, 2.45) is 0 Å². The Bertz CT molecular complexity index is 501. The van der Waals surface area contributed by atoms with Crippen LogP contribution in [0.1, 0.15) is 29.2 Å². The number of benzene rings is 1. The minimum absolute atomic E-state index is 0.0856. The SMILES string of the molecule is Cc1cc(C)c(C2(C)NC(=S)NC2=O)c(C)c1. The van der Waals surface area contributed by atoms with Gasteiger partial charge in [-0.2, -0.15) is 0 Å². The molecule has 17 heavy (non-hydrogen) atoms. The monoisotopic (exact) mass is 248 g/mol. The fourth-order valence-corrected chi connectivity index (χ4v) is 2.98. The Labute approximate surface area is 107 Å². The molecule has 4 heteroatoms. The molecule has 90 valence electrons. The minimum atomic E-state index is -0.751. The van der Waals surface area contributed by atoms with E-state index in [9.17, 15) is 4.79 Å². The maximum absolute atomic E-state index is 12.0. The summed E-state index contributed by atoms with van der Waals surface area (Å²) in [5.74, 6) is -0.0856. The van der Waals surface area contributed by atoms with Gasteiger partial charge in [-0.1, -0.05) is 17.7 Å². The van der Waals surface area contributed by atoms with Gasteiger partial charge in [-0.15, -0.1) is 0 Å².